The first-order chi connectivity index (χ1) is 5.41. The Morgan fingerprint density at radius 3 is 2.27 bits per heavy atom. The lowest BCUT2D eigenvalue weighted by Gasteiger charge is -2.03. The van der Waals surface area contributed by atoms with Crippen molar-refractivity contribution >= 4 is 0 Å². The van der Waals surface area contributed by atoms with Crippen molar-refractivity contribution in [2.75, 3.05) is 32.9 Å². The molecule has 68 valence electrons. The van der Waals surface area contributed by atoms with E-state index in [9.17, 15) is 0 Å². The van der Waals surface area contributed by atoms with Crippen LogP contribution in [-0.2, 0) is 0 Å². The maximum Gasteiger partial charge on any atom is 0.0931 e. The molecule has 0 aromatic rings. The van der Waals surface area contributed by atoms with E-state index in [4.69, 9.17) is 10.8 Å². The van der Waals surface area contributed by atoms with Gasteiger partial charge >= 0.3 is 0 Å². The third-order valence-corrected chi connectivity index (χ3v) is 1.38. The van der Waals surface area contributed by atoms with Crippen molar-refractivity contribution in [2.45, 2.75) is 12.8 Å². The summed E-state index contributed by atoms with van der Waals surface area (Å²) in [5, 5.41) is 14.4. The third-order valence-electron chi connectivity index (χ3n) is 1.38. The van der Waals surface area contributed by atoms with Crippen LogP contribution in [0, 0.1) is 0 Å². The van der Waals surface area contributed by atoms with Gasteiger partial charge in [-0.05, 0) is 39.0 Å². The highest BCUT2D eigenvalue weighted by molar-refractivity contribution is 4.50. The van der Waals surface area contributed by atoms with Crippen molar-refractivity contribution in [1.82, 2.24) is 10.6 Å². The Hall–Kier alpha value is -0.160. The number of aliphatic hydroxyl groups is 1. The van der Waals surface area contributed by atoms with E-state index in [1.807, 2.05) is 0 Å². The number of hydrogen-bond acceptors (Lipinski definition) is 4. The Morgan fingerprint density at radius 2 is 1.64 bits per heavy atom. The van der Waals surface area contributed by atoms with Gasteiger partial charge in [0.05, 0.1) is 6.73 Å². The van der Waals surface area contributed by atoms with Gasteiger partial charge in [-0.25, -0.2) is 0 Å². The molecule has 0 aromatic carbocycles. The molecule has 0 saturated carbocycles. The molecule has 0 fully saturated rings. The minimum absolute atomic E-state index is 0.0722. The summed E-state index contributed by atoms with van der Waals surface area (Å²) < 4.78 is 0. The second-order valence-electron chi connectivity index (χ2n) is 2.40. The topological polar surface area (TPSA) is 70.3 Å². The molecule has 0 aromatic heterocycles. The highest BCUT2D eigenvalue weighted by Gasteiger charge is 1.86. The average Bonchev–Trinajstić information content (AvgIpc) is 2.03. The van der Waals surface area contributed by atoms with Gasteiger partial charge in [0.25, 0.3) is 0 Å². The first-order valence-electron chi connectivity index (χ1n) is 4.14. The number of nitrogens with one attached hydrogen (secondary N) is 2. The summed E-state index contributed by atoms with van der Waals surface area (Å²) in [6.45, 7) is 3.68. The van der Waals surface area contributed by atoms with Crippen molar-refractivity contribution < 1.29 is 5.11 Å². The van der Waals surface area contributed by atoms with Crippen molar-refractivity contribution in [3.8, 4) is 0 Å². The SMILES string of the molecule is NCCCNCCCNCO. The van der Waals surface area contributed by atoms with Crippen molar-refractivity contribution in [3.63, 3.8) is 0 Å². The minimum Gasteiger partial charge on any atom is -0.381 e. The van der Waals surface area contributed by atoms with Gasteiger partial charge in [0.2, 0.25) is 0 Å². The lowest BCUT2D eigenvalue weighted by molar-refractivity contribution is 0.260. The molecule has 0 rings (SSSR count). The molecule has 0 atom stereocenters. The van der Waals surface area contributed by atoms with Gasteiger partial charge in [-0.15, -0.1) is 0 Å². The molecule has 0 amide bonds. The van der Waals surface area contributed by atoms with Gasteiger partial charge in [0.15, 0.2) is 0 Å². The fourth-order valence-corrected chi connectivity index (χ4v) is 0.770. The highest BCUT2D eigenvalue weighted by Crippen LogP contribution is 1.74. The van der Waals surface area contributed by atoms with Gasteiger partial charge in [-0.3, -0.25) is 5.32 Å². The van der Waals surface area contributed by atoms with Crippen LogP contribution >= 0.6 is 0 Å². The van der Waals surface area contributed by atoms with Crippen molar-refractivity contribution in [1.29, 1.82) is 0 Å². The summed E-state index contributed by atoms with van der Waals surface area (Å²) in [7, 11) is 0. The van der Waals surface area contributed by atoms with Crippen LogP contribution in [0.2, 0.25) is 0 Å². The van der Waals surface area contributed by atoms with E-state index in [-0.39, 0.29) is 6.73 Å². The lowest BCUT2D eigenvalue weighted by Crippen LogP contribution is -2.24. The molecule has 0 aliphatic heterocycles. The number of nitrogens with two attached hydrogens (primary N) is 1. The fraction of sp³-hybridized carbons (Fsp3) is 1.00. The van der Waals surface area contributed by atoms with Crippen LogP contribution in [0.3, 0.4) is 0 Å². The van der Waals surface area contributed by atoms with E-state index in [1.165, 1.54) is 0 Å². The van der Waals surface area contributed by atoms with E-state index in [0.717, 1.165) is 39.0 Å². The molecule has 4 nitrogen and oxygen atoms in total. The van der Waals surface area contributed by atoms with Crippen molar-refractivity contribution in [2.24, 2.45) is 5.73 Å². The maximum absolute atomic E-state index is 8.36. The van der Waals surface area contributed by atoms with Crippen LogP contribution in [0.15, 0.2) is 0 Å². The summed E-state index contributed by atoms with van der Waals surface area (Å²) in [6, 6.07) is 0. The largest absolute Gasteiger partial charge is 0.381 e. The molecule has 11 heavy (non-hydrogen) atoms. The normalized spacial score (nSPS) is 10.4. The predicted molar refractivity (Wildman–Crippen MR) is 46.2 cm³/mol. The molecular formula is C7H19N3O. The molecule has 4 heteroatoms. The quantitative estimate of drug-likeness (QED) is 0.268. The van der Waals surface area contributed by atoms with E-state index < -0.39 is 0 Å². The zero-order valence-electron chi connectivity index (χ0n) is 6.97. The molecule has 0 heterocycles. The van der Waals surface area contributed by atoms with Crippen molar-refractivity contribution in [3.05, 3.63) is 0 Å². The van der Waals surface area contributed by atoms with Crippen LogP contribution in [0.5, 0.6) is 0 Å². The van der Waals surface area contributed by atoms with Crippen LogP contribution < -0.4 is 16.4 Å². The Balaban J connectivity index is 2.69. The second-order valence-corrected chi connectivity index (χ2v) is 2.40. The monoisotopic (exact) mass is 161 g/mol. The van der Waals surface area contributed by atoms with E-state index in [1.54, 1.807) is 0 Å². The highest BCUT2D eigenvalue weighted by atomic mass is 16.3. The summed E-state index contributed by atoms with van der Waals surface area (Å²) in [4.78, 5) is 0. The van der Waals surface area contributed by atoms with Crippen LogP contribution in [0.25, 0.3) is 0 Å². The summed E-state index contributed by atoms with van der Waals surface area (Å²) in [5.74, 6) is 0. The van der Waals surface area contributed by atoms with Gasteiger partial charge in [-0.1, -0.05) is 0 Å². The van der Waals surface area contributed by atoms with Gasteiger partial charge in [0, 0.05) is 0 Å². The van der Waals surface area contributed by atoms with E-state index >= 15 is 0 Å². The zero-order valence-corrected chi connectivity index (χ0v) is 6.97. The molecule has 0 bridgehead atoms. The molecule has 5 N–H and O–H groups in total. The smallest absolute Gasteiger partial charge is 0.0931 e. The Kier molecular flexibility index (Phi) is 9.70. The fourth-order valence-electron chi connectivity index (χ4n) is 0.770. The lowest BCUT2D eigenvalue weighted by atomic mass is 10.4. The Labute approximate surface area is 68.2 Å². The maximum atomic E-state index is 8.36. The second kappa shape index (κ2) is 9.84. The van der Waals surface area contributed by atoms with Gasteiger partial charge in [-0.2, -0.15) is 0 Å². The number of hydrogen-bond donors (Lipinski definition) is 4. The third kappa shape index (κ3) is 9.84. The molecule has 0 unspecified atom stereocenters. The first kappa shape index (κ1) is 10.8. The Morgan fingerprint density at radius 1 is 1.00 bits per heavy atom. The number of rotatable bonds is 8. The van der Waals surface area contributed by atoms with E-state index in [2.05, 4.69) is 10.6 Å². The molecule has 0 saturated heterocycles. The molecule has 0 radical (unpaired) electrons. The van der Waals surface area contributed by atoms with Gasteiger partial charge < -0.3 is 16.2 Å². The Bertz CT molecular complexity index is 62.7. The first-order valence-corrected chi connectivity index (χ1v) is 4.14. The van der Waals surface area contributed by atoms with Crippen LogP contribution in [-0.4, -0.2) is 38.0 Å². The van der Waals surface area contributed by atoms with E-state index in [0.29, 0.717) is 0 Å². The zero-order chi connectivity index (χ0) is 8.36. The molecule has 0 aliphatic rings. The minimum atomic E-state index is 0.0722. The van der Waals surface area contributed by atoms with Gasteiger partial charge in [0.1, 0.15) is 0 Å². The molecule has 0 spiro atoms. The predicted octanol–water partition coefficient (Wildman–Crippen LogP) is -1.15. The average molecular weight is 161 g/mol. The summed E-state index contributed by atoms with van der Waals surface area (Å²) >= 11 is 0. The standard InChI is InChI=1S/C7H19N3O/c8-3-1-4-9-5-2-6-10-7-11/h9-11H,1-8H2. The summed E-state index contributed by atoms with van der Waals surface area (Å²) in [6.07, 6.45) is 2.08. The summed E-state index contributed by atoms with van der Waals surface area (Å²) in [5.41, 5.74) is 5.31. The number of aliphatic hydroxyl groups excluding tert-OH is 1. The van der Waals surface area contributed by atoms with Crippen LogP contribution in [0.1, 0.15) is 12.8 Å². The molecule has 0 aliphatic carbocycles. The molecular weight excluding hydrogens is 142 g/mol. The van der Waals surface area contributed by atoms with Crippen LogP contribution in [0.4, 0.5) is 0 Å².